The fourth-order valence-corrected chi connectivity index (χ4v) is 4.53. The van der Waals surface area contributed by atoms with Crippen molar-refractivity contribution in [1.82, 2.24) is 20.1 Å². The van der Waals surface area contributed by atoms with Gasteiger partial charge in [0.1, 0.15) is 0 Å². The van der Waals surface area contributed by atoms with E-state index in [0.29, 0.717) is 29.6 Å². The number of benzene rings is 1. The number of nitrogens with one attached hydrogen (secondary N) is 2. The molecule has 1 fully saturated rings. The van der Waals surface area contributed by atoms with Crippen molar-refractivity contribution in [3.8, 4) is 11.5 Å². The van der Waals surface area contributed by atoms with Crippen molar-refractivity contribution in [1.29, 1.82) is 0 Å². The highest BCUT2D eigenvalue weighted by Gasteiger charge is 2.26. The summed E-state index contributed by atoms with van der Waals surface area (Å²) in [5.41, 5.74) is 1.38. The van der Waals surface area contributed by atoms with E-state index in [-0.39, 0.29) is 12.4 Å². The van der Waals surface area contributed by atoms with Crippen molar-refractivity contribution in [2.45, 2.75) is 44.7 Å². The van der Waals surface area contributed by atoms with Gasteiger partial charge in [-0.2, -0.15) is 0 Å². The highest BCUT2D eigenvalue weighted by molar-refractivity contribution is 7.80. The summed E-state index contributed by atoms with van der Waals surface area (Å²) in [5.74, 6) is 1.38. The number of thiocarbonyl (C=S) groups is 1. The smallest absolute Gasteiger partial charge is 0.253 e. The second-order valence-electron chi connectivity index (χ2n) is 8.37. The second kappa shape index (κ2) is 9.22. The van der Waals surface area contributed by atoms with Crippen molar-refractivity contribution in [2.24, 2.45) is 0 Å². The molecular weight excluding hydrogens is 400 g/mol. The Bertz CT molecular complexity index is 969. The highest BCUT2D eigenvalue weighted by atomic mass is 32.1. The topological polar surface area (TPSA) is 69.8 Å². The predicted molar refractivity (Wildman–Crippen MR) is 122 cm³/mol. The molecule has 0 saturated heterocycles. The second-order valence-corrected chi connectivity index (χ2v) is 8.76. The minimum absolute atomic E-state index is 0.0835. The van der Waals surface area contributed by atoms with Gasteiger partial charge in [-0.1, -0.05) is 12.8 Å². The predicted octanol–water partition coefficient (Wildman–Crippen LogP) is 2.83. The fourth-order valence-electron chi connectivity index (χ4n) is 4.22. The summed E-state index contributed by atoms with van der Waals surface area (Å²) in [6.07, 6.45) is 5.67. The van der Waals surface area contributed by atoms with Crippen molar-refractivity contribution in [2.75, 3.05) is 34.0 Å². The Morgan fingerprint density at radius 3 is 2.67 bits per heavy atom. The van der Waals surface area contributed by atoms with Gasteiger partial charge in [0.15, 0.2) is 16.6 Å². The standard InChI is InChI=1S/C22H30N4O3S/c1-25(2)9-5-8-23-22(30)26(17-6-3-4-7-17)13-16-10-15-11-19-20(29-14-28-19)12-18(15)24-21(16)27/h10-12,17H,3-9,13-14H2,1-2H3,(H,23,30)(H,24,27). The molecule has 2 aliphatic rings. The fraction of sp³-hybridized carbons (Fsp3) is 0.545. The molecule has 2 N–H and O–H groups in total. The van der Waals surface area contributed by atoms with E-state index < -0.39 is 0 Å². The molecule has 1 saturated carbocycles. The molecule has 2 heterocycles. The van der Waals surface area contributed by atoms with Gasteiger partial charge in [0.2, 0.25) is 6.79 Å². The summed E-state index contributed by atoms with van der Waals surface area (Å²) < 4.78 is 10.9. The summed E-state index contributed by atoms with van der Waals surface area (Å²) >= 11 is 5.75. The van der Waals surface area contributed by atoms with Crippen molar-refractivity contribution >= 4 is 28.2 Å². The van der Waals surface area contributed by atoms with Crippen LogP contribution >= 0.6 is 12.2 Å². The van der Waals surface area contributed by atoms with Crippen LogP contribution in [0, 0.1) is 0 Å². The first-order chi connectivity index (χ1) is 14.5. The van der Waals surface area contributed by atoms with Crippen LogP contribution < -0.4 is 20.3 Å². The van der Waals surface area contributed by atoms with Crippen LogP contribution in [-0.2, 0) is 6.54 Å². The van der Waals surface area contributed by atoms with Gasteiger partial charge in [-0.15, -0.1) is 0 Å². The van der Waals surface area contributed by atoms with Crippen LogP contribution in [0.15, 0.2) is 23.0 Å². The number of H-pyrrole nitrogens is 1. The maximum Gasteiger partial charge on any atom is 0.253 e. The third kappa shape index (κ3) is 4.70. The van der Waals surface area contributed by atoms with E-state index in [9.17, 15) is 4.79 Å². The first-order valence-electron chi connectivity index (χ1n) is 10.7. The van der Waals surface area contributed by atoms with Gasteiger partial charge in [0.05, 0.1) is 12.1 Å². The first-order valence-corrected chi connectivity index (χ1v) is 11.1. The molecule has 2 aromatic rings. The van der Waals surface area contributed by atoms with Crippen LogP contribution in [0.5, 0.6) is 11.5 Å². The van der Waals surface area contributed by atoms with Crippen LogP contribution in [0.3, 0.4) is 0 Å². The average Bonchev–Trinajstić information content (AvgIpc) is 3.39. The van der Waals surface area contributed by atoms with Crippen molar-refractivity contribution < 1.29 is 9.47 Å². The molecular formula is C22H30N4O3S. The van der Waals surface area contributed by atoms with Gasteiger partial charge in [0.25, 0.3) is 5.56 Å². The summed E-state index contributed by atoms with van der Waals surface area (Å²) in [4.78, 5) is 20.2. The largest absolute Gasteiger partial charge is 0.454 e. The maximum absolute atomic E-state index is 12.8. The average molecular weight is 431 g/mol. The molecule has 30 heavy (non-hydrogen) atoms. The zero-order valence-electron chi connectivity index (χ0n) is 17.7. The monoisotopic (exact) mass is 430 g/mol. The number of hydrogen-bond acceptors (Lipinski definition) is 5. The number of pyridine rings is 1. The zero-order valence-corrected chi connectivity index (χ0v) is 18.5. The molecule has 4 rings (SSSR count). The molecule has 1 aliphatic carbocycles. The summed E-state index contributed by atoms with van der Waals surface area (Å²) in [5, 5.41) is 5.08. The number of hydrogen-bond donors (Lipinski definition) is 2. The Balaban J connectivity index is 1.53. The Labute approximate surface area is 182 Å². The quantitative estimate of drug-likeness (QED) is 0.517. The number of aromatic amines is 1. The minimum Gasteiger partial charge on any atom is -0.454 e. The van der Waals surface area contributed by atoms with E-state index in [4.69, 9.17) is 21.7 Å². The van der Waals surface area contributed by atoms with Gasteiger partial charge in [-0.25, -0.2) is 0 Å². The Hall–Kier alpha value is -2.32. The number of nitrogens with zero attached hydrogens (tertiary/aromatic N) is 2. The molecule has 0 unspecified atom stereocenters. The number of rotatable bonds is 7. The molecule has 0 bridgehead atoms. The van der Waals surface area contributed by atoms with Crippen LogP contribution in [-0.4, -0.2) is 59.9 Å². The third-order valence-corrected chi connectivity index (χ3v) is 6.22. The van der Waals surface area contributed by atoms with E-state index in [1.54, 1.807) is 0 Å². The van der Waals surface area contributed by atoms with E-state index in [2.05, 4.69) is 34.2 Å². The van der Waals surface area contributed by atoms with Crippen LogP contribution in [0.2, 0.25) is 0 Å². The first kappa shape index (κ1) is 20.9. The van der Waals surface area contributed by atoms with Crippen LogP contribution in [0.1, 0.15) is 37.7 Å². The van der Waals surface area contributed by atoms with E-state index in [1.807, 2.05) is 18.2 Å². The zero-order chi connectivity index (χ0) is 21.1. The lowest BCUT2D eigenvalue weighted by Gasteiger charge is -2.31. The Kier molecular flexibility index (Phi) is 6.43. The van der Waals surface area contributed by atoms with Gasteiger partial charge in [-0.3, -0.25) is 4.79 Å². The molecule has 1 aromatic carbocycles. The molecule has 1 aromatic heterocycles. The molecule has 0 radical (unpaired) electrons. The van der Waals surface area contributed by atoms with E-state index in [0.717, 1.165) is 48.4 Å². The molecule has 1 aliphatic heterocycles. The maximum atomic E-state index is 12.8. The summed E-state index contributed by atoms with van der Waals surface area (Å²) in [7, 11) is 4.14. The normalized spacial score (nSPS) is 15.8. The lowest BCUT2D eigenvalue weighted by molar-refractivity contribution is 0.174. The minimum atomic E-state index is -0.0835. The van der Waals surface area contributed by atoms with E-state index >= 15 is 0 Å². The molecule has 0 atom stereocenters. The molecule has 162 valence electrons. The van der Waals surface area contributed by atoms with E-state index in [1.165, 1.54) is 12.8 Å². The Morgan fingerprint density at radius 1 is 1.20 bits per heavy atom. The summed E-state index contributed by atoms with van der Waals surface area (Å²) in [6.45, 7) is 2.56. The SMILES string of the molecule is CN(C)CCCNC(=S)N(Cc1cc2cc3c(cc2[nH]c1=O)OCO3)C1CCCC1. The molecule has 0 amide bonds. The lowest BCUT2D eigenvalue weighted by Crippen LogP contribution is -2.45. The van der Waals surface area contributed by atoms with Gasteiger partial charge in [-0.05, 0) is 64.3 Å². The highest BCUT2D eigenvalue weighted by Crippen LogP contribution is 2.35. The molecule has 7 nitrogen and oxygen atoms in total. The van der Waals surface area contributed by atoms with Gasteiger partial charge >= 0.3 is 0 Å². The number of fused-ring (bicyclic) bond motifs is 2. The summed E-state index contributed by atoms with van der Waals surface area (Å²) in [6, 6.07) is 6.08. The van der Waals surface area contributed by atoms with Crippen molar-refractivity contribution in [3.05, 3.63) is 34.1 Å². The third-order valence-electron chi connectivity index (χ3n) is 5.84. The van der Waals surface area contributed by atoms with Crippen LogP contribution in [0.25, 0.3) is 10.9 Å². The van der Waals surface area contributed by atoms with Crippen molar-refractivity contribution in [3.63, 3.8) is 0 Å². The molecule has 8 heteroatoms. The van der Waals surface area contributed by atoms with Gasteiger partial charge in [0, 0.05) is 29.6 Å². The number of ether oxygens (including phenoxy) is 2. The number of aromatic nitrogens is 1. The van der Waals surface area contributed by atoms with Crippen LogP contribution in [0.4, 0.5) is 0 Å². The lowest BCUT2D eigenvalue weighted by atomic mass is 10.1. The Morgan fingerprint density at radius 2 is 1.93 bits per heavy atom. The van der Waals surface area contributed by atoms with Gasteiger partial charge < -0.3 is 29.6 Å². The molecule has 0 spiro atoms.